The van der Waals surface area contributed by atoms with Crippen LogP contribution in [0.25, 0.3) is 0 Å². The predicted molar refractivity (Wildman–Crippen MR) is 72.9 cm³/mol. The number of carbonyl (C=O) groups excluding carboxylic acids is 2. The van der Waals surface area contributed by atoms with E-state index in [1.54, 1.807) is 0 Å². The van der Waals surface area contributed by atoms with Gasteiger partial charge in [-0.25, -0.2) is 8.78 Å². The van der Waals surface area contributed by atoms with E-state index in [9.17, 15) is 18.4 Å². The average molecular weight is 301 g/mol. The van der Waals surface area contributed by atoms with Gasteiger partial charge in [0.05, 0.1) is 19.7 Å². The molecule has 0 bridgehead atoms. The van der Waals surface area contributed by atoms with E-state index in [0.717, 1.165) is 4.90 Å². The van der Waals surface area contributed by atoms with Crippen molar-refractivity contribution in [3.05, 3.63) is 29.8 Å². The first-order valence-corrected chi connectivity index (χ1v) is 6.24. The molecular weight excluding hydrogens is 284 g/mol. The van der Waals surface area contributed by atoms with E-state index in [1.165, 1.54) is 24.3 Å². The lowest BCUT2D eigenvalue weighted by Gasteiger charge is -2.21. The molecular formula is C13H17F2N3O3. The standard InChI is InChI=1S/C13H17F2N3O3/c14-11(15)8-18(5-6-19)12(20)7-17-13(21)9-1-3-10(16)4-2-9/h1-4,11,19H,5-8,16H2,(H,17,21). The zero-order chi connectivity index (χ0) is 15.8. The SMILES string of the molecule is Nc1ccc(C(=O)NCC(=O)N(CCO)CC(F)F)cc1. The number of nitrogens with two attached hydrogens (primary N) is 1. The third kappa shape index (κ3) is 5.74. The van der Waals surface area contributed by atoms with Gasteiger partial charge < -0.3 is 21.1 Å². The Morgan fingerprint density at radius 1 is 1.29 bits per heavy atom. The second-order valence-corrected chi connectivity index (χ2v) is 4.26. The van der Waals surface area contributed by atoms with Crippen molar-refractivity contribution >= 4 is 17.5 Å². The van der Waals surface area contributed by atoms with Crippen molar-refractivity contribution in [1.29, 1.82) is 0 Å². The third-order valence-corrected chi connectivity index (χ3v) is 2.65. The van der Waals surface area contributed by atoms with Gasteiger partial charge in [-0.3, -0.25) is 9.59 Å². The molecule has 0 saturated heterocycles. The number of anilines is 1. The summed E-state index contributed by atoms with van der Waals surface area (Å²) in [5.41, 5.74) is 6.28. The molecule has 0 fully saturated rings. The maximum Gasteiger partial charge on any atom is 0.255 e. The Labute approximate surface area is 120 Å². The third-order valence-electron chi connectivity index (χ3n) is 2.65. The molecule has 0 radical (unpaired) electrons. The number of alkyl halides is 2. The molecule has 116 valence electrons. The van der Waals surface area contributed by atoms with E-state index in [4.69, 9.17) is 10.8 Å². The lowest BCUT2D eigenvalue weighted by atomic mass is 10.2. The van der Waals surface area contributed by atoms with Crippen molar-refractivity contribution in [3.63, 3.8) is 0 Å². The quantitative estimate of drug-likeness (QED) is 0.622. The van der Waals surface area contributed by atoms with Crippen LogP contribution in [0, 0.1) is 0 Å². The Morgan fingerprint density at radius 3 is 2.43 bits per heavy atom. The monoisotopic (exact) mass is 301 g/mol. The molecule has 6 nitrogen and oxygen atoms in total. The Morgan fingerprint density at radius 2 is 1.90 bits per heavy atom. The van der Waals surface area contributed by atoms with Gasteiger partial charge in [0.1, 0.15) is 0 Å². The van der Waals surface area contributed by atoms with Crippen LogP contribution in [0.1, 0.15) is 10.4 Å². The van der Waals surface area contributed by atoms with Gasteiger partial charge in [-0.2, -0.15) is 0 Å². The molecule has 1 aromatic carbocycles. The molecule has 8 heteroatoms. The smallest absolute Gasteiger partial charge is 0.255 e. The summed E-state index contributed by atoms with van der Waals surface area (Å²) < 4.78 is 24.6. The van der Waals surface area contributed by atoms with Gasteiger partial charge in [0.25, 0.3) is 12.3 Å². The summed E-state index contributed by atoms with van der Waals surface area (Å²) in [7, 11) is 0. The minimum atomic E-state index is -2.70. The van der Waals surface area contributed by atoms with E-state index in [1.807, 2.05) is 0 Å². The number of aliphatic hydroxyl groups excluding tert-OH is 1. The Hall–Kier alpha value is -2.22. The minimum absolute atomic E-state index is 0.207. The first-order valence-electron chi connectivity index (χ1n) is 6.24. The number of benzene rings is 1. The average Bonchev–Trinajstić information content (AvgIpc) is 2.44. The molecule has 0 spiro atoms. The highest BCUT2D eigenvalue weighted by molar-refractivity contribution is 5.96. The van der Waals surface area contributed by atoms with Crippen molar-refractivity contribution in [1.82, 2.24) is 10.2 Å². The van der Waals surface area contributed by atoms with Crippen LogP contribution in [0.4, 0.5) is 14.5 Å². The largest absolute Gasteiger partial charge is 0.399 e. The number of halogens is 2. The number of amides is 2. The van der Waals surface area contributed by atoms with E-state index in [-0.39, 0.29) is 6.54 Å². The molecule has 1 rings (SSSR count). The summed E-state index contributed by atoms with van der Waals surface area (Å²) >= 11 is 0. The van der Waals surface area contributed by atoms with Crippen LogP contribution in [0.15, 0.2) is 24.3 Å². The first-order chi connectivity index (χ1) is 9.93. The van der Waals surface area contributed by atoms with Crippen molar-refractivity contribution < 1.29 is 23.5 Å². The van der Waals surface area contributed by atoms with E-state index < -0.39 is 37.9 Å². The maximum atomic E-state index is 12.3. The second-order valence-electron chi connectivity index (χ2n) is 4.26. The fraction of sp³-hybridized carbons (Fsp3) is 0.385. The minimum Gasteiger partial charge on any atom is -0.399 e. The van der Waals surface area contributed by atoms with Crippen LogP contribution in [-0.4, -0.2) is 54.5 Å². The highest BCUT2D eigenvalue weighted by Gasteiger charge is 2.18. The lowest BCUT2D eigenvalue weighted by Crippen LogP contribution is -2.43. The zero-order valence-corrected chi connectivity index (χ0v) is 11.3. The Bertz CT molecular complexity index is 480. The summed E-state index contributed by atoms with van der Waals surface area (Å²) in [4.78, 5) is 24.2. The van der Waals surface area contributed by atoms with Gasteiger partial charge in [-0.1, -0.05) is 0 Å². The molecule has 0 aliphatic carbocycles. The van der Waals surface area contributed by atoms with Crippen LogP contribution < -0.4 is 11.1 Å². The highest BCUT2D eigenvalue weighted by Crippen LogP contribution is 2.05. The van der Waals surface area contributed by atoms with Crippen molar-refractivity contribution in [2.75, 3.05) is 32.0 Å². The molecule has 0 aliphatic heterocycles. The molecule has 0 aromatic heterocycles. The predicted octanol–water partition coefficient (Wildman–Crippen LogP) is 0.0846. The second kappa shape index (κ2) is 8.15. The van der Waals surface area contributed by atoms with E-state index in [2.05, 4.69) is 5.32 Å². The Kier molecular flexibility index (Phi) is 6.54. The molecule has 21 heavy (non-hydrogen) atoms. The number of nitrogens with zero attached hydrogens (tertiary/aromatic N) is 1. The van der Waals surface area contributed by atoms with Gasteiger partial charge in [-0.05, 0) is 24.3 Å². The van der Waals surface area contributed by atoms with Gasteiger partial charge in [0.15, 0.2) is 0 Å². The number of aliphatic hydroxyl groups is 1. The number of nitrogen functional groups attached to an aromatic ring is 1. The number of nitrogens with one attached hydrogen (secondary N) is 1. The van der Waals surface area contributed by atoms with Crippen LogP contribution in [0.2, 0.25) is 0 Å². The lowest BCUT2D eigenvalue weighted by molar-refractivity contribution is -0.132. The number of carbonyl (C=O) groups is 2. The van der Waals surface area contributed by atoms with Gasteiger partial charge in [-0.15, -0.1) is 0 Å². The van der Waals surface area contributed by atoms with Crippen molar-refractivity contribution in [2.45, 2.75) is 6.43 Å². The topological polar surface area (TPSA) is 95.7 Å². The maximum absolute atomic E-state index is 12.3. The van der Waals surface area contributed by atoms with E-state index in [0.29, 0.717) is 11.3 Å². The molecule has 0 aliphatic rings. The molecule has 0 saturated carbocycles. The number of hydrogen-bond donors (Lipinski definition) is 3. The highest BCUT2D eigenvalue weighted by atomic mass is 19.3. The summed E-state index contributed by atoms with van der Waals surface area (Å²) in [5, 5.41) is 11.1. The fourth-order valence-electron chi connectivity index (χ4n) is 1.61. The summed E-state index contributed by atoms with van der Waals surface area (Å²) in [6, 6.07) is 6.04. The van der Waals surface area contributed by atoms with Crippen LogP contribution in [-0.2, 0) is 4.79 Å². The van der Waals surface area contributed by atoms with Crippen LogP contribution >= 0.6 is 0 Å². The zero-order valence-electron chi connectivity index (χ0n) is 11.3. The summed E-state index contributed by atoms with van der Waals surface area (Å²) in [6.07, 6.45) is -2.70. The molecule has 2 amide bonds. The van der Waals surface area contributed by atoms with Gasteiger partial charge in [0.2, 0.25) is 5.91 Å². The van der Waals surface area contributed by atoms with Gasteiger partial charge >= 0.3 is 0 Å². The van der Waals surface area contributed by atoms with Gasteiger partial charge in [0, 0.05) is 17.8 Å². The van der Waals surface area contributed by atoms with Crippen molar-refractivity contribution in [2.24, 2.45) is 0 Å². The molecule has 1 aromatic rings. The number of rotatable bonds is 7. The normalized spacial score (nSPS) is 10.5. The number of hydrogen-bond acceptors (Lipinski definition) is 4. The fourth-order valence-corrected chi connectivity index (χ4v) is 1.61. The molecule has 0 unspecified atom stereocenters. The summed E-state index contributed by atoms with van der Waals surface area (Å²) in [6.45, 7) is -1.83. The first kappa shape index (κ1) is 16.8. The molecule has 0 atom stereocenters. The van der Waals surface area contributed by atoms with Crippen LogP contribution in [0.3, 0.4) is 0 Å². The molecule has 0 heterocycles. The van der Waals surface area contributed by atoms with E-state index >= 15 is 0 Å². The Balaban J connectivity index is 2.53. The van der Waals surface area contributed by atoms with Crippen molar-refractivity contribution in [3.8, 4) is 0 Å². The molecule has 4 N–H and O–H groups in total. The summed E-state index contributed by atoms with van der Waals surface area (Å²) in [5.74, 6) is -1.20. The van der Waals surface area contributed by atoms with Crippen LogP contribution in [0.5, 0.6) is 0 Å².